The summed E-state index contributed by atoms with van der Waals surface area (Å²) in [5, 5.41) is 0. The summed E-state index contributed by atoms with van der Waals surface area (Å²) in [6.45, 7) is 28.3. The molecule has 4 rings (SSSR count). The van der Waals surface area contributed by atoms with E-state index in [9.17, 15) is 0 Å². The molecule has 0 spiro atoms. The largest absolute Gasteiger partial charge is 0.0683 e. The predicted octanol–water partition coefficient (Wildman–Crippen LogP) is 13.4. The molecule has 0 heterocycles. The fourth-order valence-electron chi connectivity index (χ4n) is 9.92. The molecule has 4 fully saturated rings. The Morgan fingerprint density at radius 2 is 1.26 bits per heavy atom. The third kappa shape index (κ3) is 8.51. The highest BCUT2D eigenvalue weighted by atomic mass is 14.7. The van der Waals surface area contributed by atoms with Gasteiger partial charge in [-0.1, -0.05) is 141 Å². The van der Waals surface area contributed by atoms with Crippen molar-refractivity contribution in [2.75, 3.05) is 0 Å². The minimum atomic E-state index is 0.657. The number of unbranched alkanes of at least 4 members (excludes halogenated alkanes) is 4. The van der Waals surface area contributed by atoms with Gasteiger partial charge < -0.3 is 0 Å². The van der Waals surface area contributed by atoms with E-state index in [0.29, 0.717) is 10.8 Å². The zero-order valence-electron chi connectivity index (χ0n) is 28.9. The van der Waals surface area contributed by atoms with Crippen molar-refractivity contribution in [1.29, 1.82) is 0 Å². The van der Waals surface area contributed by atoms with Gasteiger partial charge in [0, 0.05) is 0 Å². The third-order valence-corrected chi connectivity index (χ3v) is 12.1. The first-order valence-corrected chi connectivity index (χ1v) is 18.1. The van der Waals surface area contributed by atoms with E-state index in [1.54, 1.807) is 32.1 Å². The Hall–Kier alpha value is 0. The summed E-state index contributed by atoms with van der Waals surface area (Å²) in [7, 11) is 0. The van der Waals surface area contributed by atoms with Gasteiger partial charge in [0.15, 0.2) is 0 Å². The smallest absolute Gasteiger partial charge is 0.0264 e. The first kappa shape index (κ1) is 36.0. The first-order valence-electron chi connectivity index (χ1n) is 18.1. The molecule has 0 heteroatoms. The van der Waals surface area contributed by atoms with Crippen LogP contribution in [0.4, 0.5) is 0 Å². The molecule has 0 aliphatic heterocycles. The van der Waals surface area contributed by atoms with Crippen molar-refractivity contribution in [3.05, 3.63) is 0 Å². The van der Waals surface area contributed by atoms with Gasteiger partial charge in [0.25, 0.3) is 0 Å². The average molecular weight is 533 g/mol. The molecule has 0 radical (unpaired) electrons. The van der Waals surface area contributed by atoms with Gasteiger partial charge in [-0.2, -0.15) is 0 Å². The van der Waals surface area contributed by atoms with Crippen LogP contribution in [0.3, 0.4) is 0 Å². The molecule has 10 atom stereocenters. The molecular formula is C38H76. The van der Waals surface area contributed by atoms with Crippen LogP contribution in [0.15, 0.2) is 0 Å². The quantitative estimate of drug-likeness (QED) is 0.286. The van der Waals surface area contributed by atoms with Crippen LogP contribution in [0.25, 0.3) is 0 Å². The Balaban J connectivity index is 0.000000708. The van der Waals surface area contributed by atoms with Crippen molar-refractivity contribution in [3.63, 3.8) is 0 Å². The molecule has 4 saturated carbocycles. The lowest BCUT2D eigenvalue weighted by Gasteiger charge is -2.63. The molecule has 0 nitrogen and oxygen atoms in total. The van der Waals surface area contributed by atoms with Crippen molar-refractivity contribution in [1.82, 2.24) is 0 Å². The lowest BCUT2D eigenvalue weighted by atomic mass is 9.42. The maximum absolute atomic E-state index is 2.76. The maximum atomic E-state index is 2.76. The predicted molar refractivity (Wildman–Crippen MR) is 175 cm³/mol. The van der Waals surface area contributed by atoms with E-state index in [4.69, 9.17) is 0 Å². The van der Waals surface area contributed by atoms with Gasteiger partial charge in [0.2, 0.25) is 0 Å². The van der Waals surface area contributed by atoms with E-state index in [2.05, 4.69) is 69.2 Å². The zero-order valence-corrected chi connectivity index (χ0v) is 28.9. The molecule has 0 N–H and O–H groups in total. The summed E-state index contributed by atoms with van der Waals surface area (Å²) in [6.07, 6.45) is 23.5. The first-order chi connectivity index (χ1) is 18.1. The van der Waals surface area contributed by atoms with Crippen LogP contribution in [0, 0.1) is 58.2 Å². The van der Waals surface area contributed by atoms with Crippen LogP contribution in [0.2, 0.25) is 0 Å². The SMILES string of the molecule is CC.CCC.CCCC.CCCCCCC(C)C1CCC2C3C(C)CC4CC(C)CCC4(C)C3CCC12C. The molecular weight excluding hydrogens is 456 g/mol. The number of fused-ring (bicyclic) bond motifs is 5. The molecule has 4 aliphatic carbocycles. The minimum absolute atomic E-state index is 0.657. The van der Waals surface area contributed by atoms with Gasteiger partial charge in [-0.3, -0.25) is 0 Å². The fourth-order valence-corrected chi connectivity index (χ4v) is 9.92. The number of hydrogen-bond acceptors (Lipinski definition) is 0. The molecule has 228 valence electrons. The normalized spacial score (nSPS) is 39.9. The number of rotatable bonds is 7. The van der Waals surface area contributed by atoms with Crippen molar-refractivity contribution < 1.29 is 0 Å². The van der Waals surface area contributed by atoms with Crippen LogP contribution in [-0.4, -0.2) is 0 Å². The summed E-state index contributed by atoms with van der Waals surface area (Å²) >= 11 is 0. The Kier molecular flexibility index (Phi) is 16.8. The van der Waals surface area contributed by atoms with E-state index in [1.165, 1.54) is 70.6 Å². The Morgan fingerprint density at radius 3 is 1.84 bits per heavy atom. The monoisotopic (exact) mass is 533 g/mol. The second-order valence-electron chi connectivity index (χ2n) is 14.8. The van der Waals surface area contributed by atoms with Gasteiger partial charge in [-0.05, 0) is 103 Å². The Morgan fingerprint density at radius 1 is 0.684 bits per heavy atom. The summed E-state index contributed by atoms with van der Waals surface area (Å²) in [4.78, 5) is 0. The molecule has 4 aliphatic rings. The van der Waals surface area contributed by atoms with E-state index in [0.717, 1.165) is 47.3 Å². The van der Waals surface area contributed by atoms with Gasteiger partial charge in [0.05, 0.1) is 0 Å². The summed E-state index contributed by atoms with van der Waals surface area (Å²) in [5.74, 6) is 8.08. The molecule has 0 aromatic rings. The van der Waals surface area contributed by atoms with Crippen molar-refractivity contribution in [3.8, 4) is 0 Å². The molecule has 0 bridgehead atoms. The maximum Gasteiger partial charge on any atom is -0.0264 e. The third-order valence-electron chi connectivity index (χ3n) is 12.1. The van der Waals surface area contributed by atoms with Crippen molar-refractivity contribution in [2.45, 2.75) is 186 Å². The molecule has 38 heavy (non-hydrogen) atoms. The van der Waals surface area contributed by atoms with E-state index in [-0.39, 0.29) is 0 Å². The fraction of sp³-hybridized carbons (Fsp3) is 1.00. The summed E-state index contributed by atoms with van der Waals surface area (Å²) in [6, 6.07) is 0. The van der Waals surface area contributed by atoms with E-state index in [1.807, 2.05) is 13.8 Å². The molecule has 10 unspecified atom stereocenters. The highest BCUT2D eigenvalue weighted by Gasteiger charge is 2.61. The van der Waals surface area contributed by atoms with Gasteiger partial charge in [0.1, 0.15) is 0 Å². The van der Waals surface area contributed by atoms with Crippen LogP contribution in [0.1, 0.15) is 186 Å². The van der Waals surface area contributed by atoms with Crippen molar-refractivity contribution in [2.24, 2.45) is 58.2 Å². The Labute approximate surface area is 243 Å². The second-order valence-corrected chi connectivity index (χ2v) is 14.8. The van der Waals surface area contributed by atoms with Crippen molar-refractivity contribution >= 4 is 0 Å². The second kappa shape index (κ2) is 17.7. The molecule has 0 saturated heterocycles. The lowest BCUT2D eigenvalue weighted by molar-refractivity contribution is -0.142. The molecule has 0 amide bonds. The van der Waals surface area contributed by atoms with Crippen LogP contribution >= 0.6 is 0 Å². The van der Waals surface area contributed by atoms with E-state index < -0.39 is 0 Å². The zero-order chi connectivity index (χ0) is 28.9. The van der Waals surface area contributed by atoms with Gasteiger partial charge in [-0.25, -0.2) is 0 Å². The Bertz CT molecular complexity index is 591. The van der Waals surface area contributed by atoms with Crippen LogP contribution in [-0.2, 0) is 0 Å². The minimum Gasteiger partial charge on any atom is -0.0683 e. The highest BCUT2D eigenvalue weighted by molar-refractivity contribution is 5.10. The standard InChI is InChI=1S/C29H52.C4H10.C3H8.C2H6/c1-7-8-9-10-11-21(3)24-12-13-25-27-22(4)19-23-18-20(2)14-16-28(23,5)26(27)15-17-29(24,25)6;1-3-4-2;1-3-2;1-2/h20-27H,7-19H2,1-6H3;3-4H2,1-2H3;3H2,1-2H3;1-2H3. The van der Waals surface area contributed by atoms with E-state index >= 15 is 0 Å². The van der Waals surface area contributed by atoms with Gasteiger partial charge >= 0.3 is 0 Å². The lowest BCUT2D eigenvalue weighted by Crippen LogP contribution is -2.56. The number of hydrogen-bond donors (Lipinski definition) is 0. The van der Waals surface area contributed by atoms with Gasteiger partial charge in [-0.15, -0.1) is 0 Å². The highest BCUT2D eigenvalue weighted by Crippen LogP contribution is 2.69. The summed E-state index contributed by atoms with van der Waals surface area (Å²) < 4.78 is 0. The topological polar surface area (TPSA) is 0 Å². The molecule has 0 aromatic carbocycles. The summed E-state index contributed by atoms with van der Waals surface area (Å²) in [5.41, 5.74) is 1.33. The average Bonchev–Trinajstić information content (AvgIpc) is 3.26. The van der Waals surface area contributed by atoms with Crippen LogP contribution < -0.4 is 0 Å². The van der Waals surface area contributed by atoms with Crippen LogP contribution in [0.5, 0.6) is 0 Å². The molecule has 0 aromatic heterocycles.